The van der Waals surface area contributed by atoms with Gasteiger partial charge in [-0.25, -0.2) is 0 Å². The van der Waals surface area contributed by atoms with Crippen LogP contribution >= 0.6 is 11.6 Å². The van der Waals surface area contributed by atoms with E-state index in [0.717, 1.165) is 21.7 Å². The van der Waals surface area contributed by atoms with E-state index in [0.29, 0.717) is 11.6 Å². The van der Waals surface area contributed by atoms with Gasteiger partial charge in [0.2, 0.25) is 0 Å². The van der Waals surface area contributed by atoms with Crippen LogP contribution in [0.4, 0.5) is 5.69 Å². The van der Waals surface area contributed by atoms with E-state index in [1.165, 1.54) is 0 Å². The Hall–Kier alpha value is -2.57. The molecule has 0 unspecified atom stereocenters. The van der Waals surface area contributed by atoms with Gasteiger partial charge in [-0.15, -0.1) is 0 Å². The molecule has 150 valence electrons. The van der Waals surface area contributed by atoms with Gasteiger partial charge in [-0.2, -0.15) is 0 Å². The highest BCUT2D eigenvalue weighted by Crippen LogP contribution is 2.16. The average Bonchev–Trinajstić information content (AvgIpc) is 2.67. The Kier molecular flexibility index (Phi) is 7.84. The van der Waals surface area contributed by atoms with Crippen molar-refractivity contribution in [2.24, 2.45) is 0 Å². The Labute approximate surface area is 171 Å². The summed E-state index contributed by atoms with van der Waals surface area (Å²) in [5.41, 5.74) is 2.98. The number of nitrogens with zero attached hydrogens (tertiary/aromatic N) is 1. The largest absolute Gasteiger partial charge is 0.378 e. The first-order valence-electron chi connectivity index (χ1n) is 9.16. The van der Waals surface area contributed by atoms with Crippen LogP contribution < -0.4 is 20.4 Å². The van der Waals surface area contributed by atoms with Gasteiger partial charge in [0.1, 0.15) is 6.04 Å². The lowest BCUT2D eigenvalue weighted by molar-refractivity contribution is -0.890. The molecular formula is C21H28ClN4O2+. The summed E-state index contributed by atoms with van der Waals surface area (Å²) in [4.78, 5) is 27.5. The molecule has 0 aromatic heterocycles. The molecule has 0 bridgehead atoms. The number of carbonyl (C=O) groups excluding carboxylic acids is 2. The molecule has 2 rings (SSSR count). The van der Waals surface area contributed by atoms with Crippen molar-refractivity contribution in [3.63, 3.8) is 0 Å². The molecule has 0 saturated heterocycles. The van der Waals surface area contributed by atoms with Gasteiger partial charge in [-0.05, 0) is 23.8 Å². The summed E-state index contributed by atoms with van der Waals surface area (Å²) in [5, 5.41) is 5.90. The smallest absolute Gasteiger partial charge is 0.309 e. The molecule has 2 amide bonds. The Balaban J connectivity index is 1.92. The number of nitrogens with one attached hydrogen (secondary N) is 3. The maximum absolute atomic E-state index is 12.2. The third-order valence-electron chi connectivity index (χ3n) is 4.58. The summed E-state index contributed by atoms with van der Waals surface area (Å²) in [6.45, 7) is 0.572. The van der Waals surface area contributed by atoms with Crippen LogP contribution in [-0.4, -0.2) is 46.5 Å². The third kappa shape index (κ3) is 5.97. The predicted octanol–water partition coefficient (Wildman–Crippen LogP) is 1.02. The first-order chi connectivity index (χ1) is 13.3. The number of hydrogen-bond donors (Lipinski definition) is 3. The van der Waals surface area contributed by atoms with Crippen LogP contribution in [0.2, 0.25) is 5.02 Å². The summed E-state index contributed by atoms with van der Waals surface area (Å²) >= 11 is 6.07. The van der Waals surface area contributed by atoms with Crippen LogP contribution in [0.15, 0.2) is 48.5 Å². The fourth-order valence-electron chi connectivity index (χ4n) is 2.83. The number of rotatable bonds is 7. The lowest BCUT2D eigenvalue weighted by Crippen LogP contribution is -3.07. The Morgan fingerprint density at radius 3 is 2.18 bits per heavy atom. The number of benzene rings is 2. The second-order valence-electron chi connectivity index (χ2n) is 7.10. The number of likely N-dealkylation sites (N-methyl/N-ethyl adjacent to an activating group) is 1. The zero-order valence-corrected chi connectivity index (χ0v) is 17.5. The molecule has 0 heterocycles. The zero-order valence-electron chi connectivity index (χ0n) is 16.8. The SMILES string of the molecule is CN(C)c1ccc([C@H](CNC(=O)C(=O)NCc2ccccc2Cl)[NH+](C)C)cc1. The number of amides is 2. The quantitative estimate of drug-likeness (QED) is 0.605. The van der Waals surface area contributed by atoms with E-state index in [-0.39, 0.29) is 12.6 Å². The maximum atomic E-state index is 12.2. The van der Waals surface area contributed by atoms with E-state index in [1.54, 1.807) is 6.07 Å². The molecule has 1 atom stereocenters. The minimum absolute atomic E-state index is 0.0385. The van der Waals surface area contributed by atoms with Crippen molar-refractivity contribution in [2.75, 3.05) is 39.6 Å². The molecule has 2 aromatic rings. The summed E-state index contributed by atoms with van der Waals surface area (Å²) in [6, 6.07) is 15.4. The van der Waals surface area contributed by atoms with Gasteiger partial charge in [0, 0.05) is 36.9 Å². The van der Waals surface area contributed by atoms with Gasteiger partial charge < -0.3 is 20.4 Å². The van der Waals surface area contributed by atoms with Gasteiger partial charge in [-0.3, -0.25) is 9.59 Å². The van der Waals surface area contributed by atoms with Crippen molar-refractivity contribution < 1.29 is 14.5 Å². The first kappa shape index (κ1) is 21.7. The van der Waals surface area contributed by atoms with Gasteiger partial charge >= 0.3 is 11.8 Å². The topological polar surface area (TPSA) is 65.9 Å². The fourth-order valence-corrected chi connectivity index (χ4v) is 3.04. The number of carbonyl (C=O) groups is 2. The zero-order chi connectivity index (χ0) is 20.7. The van der Waals surface area contributed by atoms with E-state index < -0.39 is 11.8 Å². The van der Waals surface area contributed by atoms with Crippen LogP contribution in [-0.2, 0) is 16.1 Å². The molecule has 28 heavy (non-hydrogen) atoms. The number of hydrogen-bond acceptors (Lipinski definition) is 3. The van der Waals surface area contributed by atoms with Crippen molar-refractivity contribution in [2.45, 2.75) is 12.6 Å². The van der Waals surface area contributed by atoms with Crippen LogP contribution in [0, 0.1) is 0 Å². The molecule has 2 aromatic carbocycles. The standard InChI is InChI=1S/C21H27ClN4O2/c1-25(2)17-11-9-15(10-12-17)19(26(3)4)14-24-21(28)20(27)23-13-16-7-5-6-8-18(16)22/h5-12,19H,13-14H2,1-4H3,(H,23,27)(H,24,28)/p+1/t19-/m0/s1. The molecule has 0 aliphatic carbocycles. The molecule has 7 heteroatoms. The second-order valence-corrected chi connectivity index (χ2v) is 7.51. The highest BCUT2D eigenvalue weighted by Gasteiger charge is 2.21. The first-order valence-corrected chi connectivity index (χ1v) is 9.54. The Bertz CT molecular complexity index is 806. The van der Waals surface area contributed by atoms with Gasteiger partial charge in [0.15, 0.2) is 0 Å². The summed E-state index contributed by atoms with van der Waals surface area (Å²) in [5.74, 6) is -1.32. The predicted molar refractivity (Wildman–Crippen MR) is 113 cm³/mol. The monoisotopic (exact) mass is 403 g/mol. The highest BCUT2D eigenvalue weighted by atomic mass is 35.5. The lowest BCUT2D eigenvalue weighted by Gasteiger charge is -2.23. The van der Waals surface area contributed by atoms with E-state index in [9.17, 15) is 9.59 Å². The van der Waals surface area contributed by atoms with E-state index in [4.69, 9.17) is 11.6 Å². The Morgan fingerprint density at radius 2 is 1.61 bits per heavy atom. The van der Waals surface area contributed by atoms with Gasteiger partial charge in [0.05, 0.1) is 20.6 Å². The van der Waals surface area contributed by atoms with Crippen LogP contribution in [0.25, 0.3) is 0 Å². The number of anilines is 1. The van der Waals surface area contributed by atoms with E-state index >= 15 is 0 Å². The minimum atomic E-state index is -0.671. The molecule has 3 N–H and O–H groups in total. The van der Waals surface area contributed by atoms with E-state index in [2.05, 4.69) is 22.8 Å². The van der Waals surface area contributed by atoms with Crippen molar-refractivity contribution >= 4 is 29.1 Å². The third-order valence-corrected chi connectivity index (χ3v) is 4.95. The lowest BCUT2D eigenvalue weighted by atomic mass is 10.1. The number of halogens is 1. The van der Waals surface area contributed by atoms with Crippen molar-refractivity contribution in [3.8, 4) is 0 Å². The van der Waals surface area contributed by atoms with Crippen molar-refractivity contribution in [3.05, 3.63) is 64.7 Å². The fraction of sp³-hybridized carbons (Fsp3) is 0.333. The van der Waals surface area contributed by atoms with Crippen LogP contribution in [0.1, 0.15) is 17.2 Å². The van der Waals surface area contributed by atoms with Crippen molar-refractivity contribution in [1.82, 2.24) is 10.6 Å². The van der Waals surface area contributed by atoms with Crippen molar-refractivity contribution in [1.29, 1.82) is 0 Å². The van der Waals surface area contributed by atoms with E-state index in [1.807, 2.05) is 63.4 Å². The van der Waals surface area contributed by atoms with Crippen LogP contribution in [0.5, 0.6) is 0 Å². The Morgan fingerprint density at radius 1 is 1.00 bits per heavy atom. The molecule has 0 fully saturated rings. The summed E-state index contributed by atoms with van der Waals surface area (Å²) in [7, 11) is 8.03. The molecule has 0 aliphatic rings. The highest BCUT2D eigenvalue weighted by molar-refractivity contribution is 6.35. The normalized spacial score (nSPS) is 11.8. The molecule has 0 spiro atoms. The maximum Gasteiger partial charge on any atom is 0.309 e. The second kappa shape index (κ2) is 10.1. The molecule has 0 saturated carbocycles. The summed E-state index contributed by atoms with van der Waals surface area (Å²) < 4.78 is 0. The van der Waals surface area contributed by atoms with Crippen LogP contribution in [0.3, 0.4) is 0 Å². The molecular weight excluding hydrogens is 376 g/mol. The minimum Gasteiger partial charge on any atom is -0.378 e. The van der Waals surface area contributed by atoms with Gasteiger partial charge in [-0.1, -0.05) is 41.9 Å². The number of quaternary nitrogens is 1. The average molecular weight is 404 g/mol. The molecule has 6 nitrogen and oxygen atoms in total. The van der Waals surface area contributed by atoms with Gasteiger partial charge in [0.25, 0.3) is 0 Å². The molecule has 0 aliphatic heterocycles. The summed E-state index contributed by atoms with van der Waals surface area (Å²) in [6.07, 6.45) is 0. The molecule has 0 radical (unpaired) electrons.